The van der Waals surface area contributed by atoms with Crippen LogP contribution in [0.15, 0.2) is 15.7 Å². The van der Waals surface area contributed by atoms with Crippen LogP contribution in [0.25, 0.3) is 0 Å². The highest BCUT2D eigenvalue weighted by Crippen LogP contribution is 1.97. The van der Waals surface area contributed by atoms with Crippen molar-refractivity contribution in [3.63, 3.8) is 0 Å². The summed E-state index contributed by atoms with van der Waals surface area (Å²) in [6, 6.07) is 0. The standard InChI is InChI=1S/C8H13BrN2O2/c1-2-13-8(12)3-4-11-6-7(9)5-10/h5-6H,2-4,10H2,1H3/b7-5+,11-6?. The van der Waals surface area contributed by atoms with Crippen molar-refractivity contribution in [3.8, 4) is 0 Å². The van der Waals surface area contributed by atoms with E-state index in [2.05, 4.69) is 20.9 Å². The van der Waals surface area contributed by atoms with Crippen LogP contribution in [0, 0.1) is 0 Å². The van der Waals surface area contributed by atoms with E-state index in [-0.39, 0.29) is 5.97 Å². The Balaban J connectivity index is 3.55. The number of nitrogens with zero attached hydrogens (tertiary/aromatic N) is 1. The van der Waals surface area contributed by atoms with Crippen molar-refractivity contribution in [3.05, 3.63) is 10.7 Å². The first-order valence-corrected chi connectivity index (χ1v) is 4.72. The second kappa shape index (κ2) is 7.79. The monoisotopic (exact) mass is 248 g/mol. The third-order valence-corrected chi connectivity index (χ3v) is 1.59. The van der Waals surface area contributed by atoms with Crippen molar-refractivity contribution in [2.45, 2.75) is 13.3 Å². The third-order valence-electron chi connectivity index (χ3n) is 1.12. The van der Waals surface area contributed by atoms with Crippen molar-refractivity contribution in [2.75, 3.05) is 13.2 Å². The molecule has 0 spiro atoms. The first-order valence-electron chi connectivity index (χ1n) is 3.93. The van der Waals surface area contributed by atoms with E-state index in [0.29, 0.717) is 24.1 Å². The number of ether oxygens (including phenoxy) is 1. The summed E-state index contributed by atoms with van der Waals surface area (Å²) in [4.78, 5) is 14.8. The van der Waals surface area contributed by atoms with E-state index in [0.717, 1.165) is 0 Å². The lowest BCUT2D eigenvalue weighted by molar-refractivity contribution is -0.142. The predicted molar refractivity (Wildman–Crippen MR) is 55.8 cm³/mol. The number of hydrogen-bond acceptors (Lipinski definition) is 4. The fourth-order valence-electron chi connectivity index (χ4n) is 0.584. The molecule has 0 fully saturated rings. The minimum absolute atomic E-state index is 0.229. The smallest absolute Gasteiger partial charge is 0.307 e. The van der Waals surface area contributed by atoms with Gasteiger partial charge in [0.25, 0.3) is 0 Å². The fourth-order valence-corrected chi connectivity index (χ4v) is 0.729. The number of carbonyl (C=O) groups is 1. The van der Waals surface area contributed by atoms with Gasteiger partial charge in [0.1, 0.15) is 0 Å². The molecular formula is C8H13BrN2O2. The van der Waals surface area contributed by atoms with E-state index in [1.807, 2.05) is 0 Å². The van der Waals surface area contributed by atoms with E-state index >= 15 is 0 Å². The summed E-state index contributed by atoms with van der Waals surface area (Å²) in [5.74, 6) is -0.229. The van der Waals surface area contributed by atoms with Crippen LogP contribution in [0.4, 0.5) is 0 Å². The lowest BCUT2D eigenvalue weighted by atomic mass is 10.4. The van der Waals surface area contributed by atoms with E-state index in [4.69, 9.17) is 10.5 Å². The lowest BCUT2D eigenvalue weighted by Gasteiger charge is -1.97. The molecule has 0 rings (SSSR count). The lowest BCUT2D eigenvalue weighted by Crippen LogP contribution is -2.05. The number of rotatable bonds is 5. The van der Waals surface area contributed by atoms with Crippen LogP contribution in [-0.2, 0) is 9.53 Å². The second-order valence-electron chi connectivity index (χ2n) is 2.14. The SMILES string of the molecule is CCOC(=O)CCN=C/C(Br)=C\N. The van der Waals surface area contributed by atoms with Crippen LogP contribution >= 0.6 is 15.9 Å². The maximum atomic E-state index is 10.8. The van der Waals surface area contributed by atoms with Crippen LogP contribution in [0.3, 0.4) is 0 Å². The summed E-state index contributed by atoms with van der Waals surface area (Å²) in [5.41, 5.74) is 5.17. The normalized spacial score (nSPS) is 12.0. The van der Waals surface area contributed by atoms with Gasteiger partial charge in [0.15, 0.2) is 0 Å². The molecule has 0 atom stereocenters. The van der Waals surface area contributed by atoms with E-state index in [9.17, 15) is 4.79 Å². The third kappa shape index (κ3) is 7.52. The molecule has 0 aromatic carbocycles. The van der Waals surface area contributed by atoms with E-state index in [1.54, 1.807) is 13.1 Å². The zero-order valence-corrected chi connectivity index (χ0v) is 9.08. The highest BCUT2D eigenvalue weighted by molar-refractivity contribution is 9.12. The van der Waals surface area contributed by atoms with Gasteiger partial charge in [0.05, 0.1) is 17.5 Å². The molecule has 0 amide bonds. The number of carbonyl (C=O) groups excluding carboxylic acids is 1. The molecule has 0 radical (unpaired) electrons. The van der Waals surface area contributed by atoms with Gasteiger partial charge in [0.2, 0.25) is 0 Å². The molecule has 0 aromatic heterocycles. The van der Waals surface area contributed by atoms with Gasteiger partial charge in [0, 0.05) is 19.0 Å². The van der Waals surface area contributed by atoms with Crippen molar-refractivity contribution < 1.29 is 9.53 Å². The molecule has 4 nitrogen and oxygen atoms in total. The fraction of sp³-hybridized carbons (Fsp3) is 0.500. The molecule has 5 heteroatoms. The summed E-state index contributed by atoms with van der Waals surface area (Å²) in [6.45, 7) is 2.60. The Morgan fingerprint density at radius 2 is 2.38 bits per heavy atom. The zero-order valence-electron chi connectivity index (χ0n) is 7.50. The maximum absolute atomic E-state index is 10.8. The number of aliphatic imine (C=N–C) groups is 1. The van der Waals surface area contributed by atoms with Crippen LogP contribution in [0.5, 0.6) is 0 Å². The van der Waals surface area contributed by atoms with Crippen LogP contribution in [0.2, 0.25) is 0 Å². The minimum atomic E-state index is -0.229. The molecular weight excluding hydrogens is 236 g/mol. The van der Waals surface area contributed by atoms with E-state index < -0.39 is 0 Å². The zero-order chi connectivity index (χ0) is 10.1. The average Bonchev–Trinajstić information content (AvgIpc) is 2.12. The van der Waals surface area contributed by atoms with Crippen LogP contribution in [-0.4, -0.2) is 25.3 Å². The van der Waals surface area contributed by atoms with Crippen molar-refractivity contribution in [2.24, 2.45) is 10.7 Å². The van der Waals surface area contributed by atoms with Gasteiger partial charge in [-0.25, -0.2) is 0 Å². The first-order chi connectivity index (χ1) is 6.20. The average molecular weight is 249 g/mol. The Hall–Kier alpha value is -0.840. The Morgan fingerprint density at radius 3 is 2.92 bits per heavy atom. The second-order valence-corrected chi connectivity index (χ2v) is 3.06. The molecule has 0 aliphatic carbocycles. The van der Waals surface area contributed by atoms with Crippen LogP contribution < -0.4 is 5.73 Å². The van der Waals surface area contributed by atoms with Gasteiger partial charge in [-0.1, -0.05) is 0 Å². The molecule has 0 bridgehead atoms. The highest BCUT2D eigenvalue weighted by Gasteiger charge is 1.98. The Kier molecular flexibility index (Phi) is 7.29. The molecule has 2 N–H and O–H groups in total. The van der Waals surface area contributed by atoms with Gasteiger partial charge in [-0.05, 0) is 22.9 Å². The number of allylic oxidation sites excluding steroid dienone is 1. The largest absolute Gasteiger partial charge is 0.466 e. The molecule has 0 aromatic rings. The number of halogens is 1. The summed E-state index contributed by atoms with van der Waals surface area (Å²) < 4.78 is 5.40. The summed E-state index contributed by atoms with van der Waals surface area (Å²) in [7, 11) is 0. The Morgan fingerprint density at radius 1 is 1.69 bits per heavy atom. The molecule has 0 heterocycles. The molecule has 13 heavy (non-hydrogen) atoms. The van der Waals surface area contributed by atoms with Crippen molar-refractivity contribution in [1.29, 1.82) is 0 Å². The first kappa shape index (κ1) is 12.2. The molecule has 74 valence electrons. The van der Waals surface area contributed by atoms with Gasteiger partial charge in [-0.3, -0.25) is 9.79 Å². The Labute approximate surface area is 86.0 Å². The predicted octanol–water partition coefficient (Wildman–Crippen LogP) is 1.21. The summed E-state index contributed by atoms with van der Waals surface area (Å²) in [5, 5.41) is 0. The molecule has 0 saturated heterocycles. The van der Waals surface area contributed by atoms with Crippen molar-refractivity contribution in [1.82, 2.24) is 0 Å². The highest BCUT2D eigenvalue weighted by atomic mass is 79.9. The minimum Gasteiger partial charge on any atom is -0.466 e. The van der Waals surface area contributed by atoms with Gasteiger partial charge < -0.3 is 10.5 Å². The summed E-state index contributed by atoms with van der Waals surface area (Å²) in [6.07, 6.45) is 3.24. The topological polar surface area (TPSA) is 64.7 Å². The molecule has 0 saturated carbocycles. The molecule has 0 aliphatic heterocycles. The summed E-state index contributed by atoms with van der Waals surface area (Å²) >= 11 is 3.15. The van der Waals surface area contributed by atoms with Gasteiger partial charge in [-0.15, -0.1) is 0 Å². The molecule has 0 aliphatic rings. The maximum Gasteiger partial charge on any atom is 0.307 e. The molecule has 0 unspecified atom stereocenters. The van der Waals surface area contributed by atoms with E-state index in [1.165, 1.54) is 6.20 Å². The Bertz CT molecular complexity index is 214. The van der Waals surface area contributed by atoms with Gasteiger partial charge in [-0.2, -0.15) is 0 Å². The van der Waals surface area contributed by atoms with Gasteiger partial charge >= 0.3 is 5.97 Å². The quantitative estimate of drug-likeness (QED) is 0.588. The number of nitrogens with two attached hydrogens (primary N) is 1. The number of hydrogen-bond donors (Lipinski definition) is 1. The van der Waals surface area contributed by atoms with Crippen molar-refractivity contribution >= 4 is 28.1 Å². The van der Waals surface area contributed by atoms with Crippen LogP contribution in [0.1, 0.15) is 13.3 Å². The number of esters is 1.